The predicted octanol–water partition coefficient (Wildman–Crippen LogP) is 3.48. The van der Waals surface area contributed by atoms with E-state index in [4.69, 9.17) is 0 Å². The number of anilines is 1. The topological polar surface area (TPSA) is 20.3 Å². The molecule has 0 aromatic heterocycles. The Morgan fingerprint density at radius 3 is 2.81 bits per heavy atom. The van der Waals surface area contributed by atoms with Crippen molar-refractivity contribution in [1.29, 1.82) is 0 Å². The lowest BCUT2D eigenvalue weighted by molar-refractivity contribution is -0.118. The van der Waals surface area contributed by atoms with Gasteiger partial charge in [-0.1, -0.05) is 36.7 Å². The van der Waals surface area contributed by atoms with E-state index in [1.54, 1.807) is 0 Å². The fourth-order valence-electron chi connectivity index (χ4n) is 2.26. The SMILES string of the molecule is CCC(=O)N1CC(C)(C)c2cc(Br)ccc21. The van der Waals surface area contributed by atoms with Crippen LogP contribution in [-0.4, -0.2) is 12.5 Å². The third-order valence-corrected chi connectivity index (χ3v) is 3.63. The standard InChI is InChI=1S/C13H16BrNO/c1-4-12(16)15-8-13(2,3)10-7-9(14)5-6-11(10)15/h5-7H,4,8H2,1-3H3. The van der Waals surface area contributed by atoms with E-state index in [0.29, 0.717) is 6.42 Å². The van der Waals surface area contributed by atoms with Gasteiger partial charge in [-0.05, 0) is 23.8 Å². The van der Waals surface area contributed by atoms with Crippen molar-refractivity contribution >= 4 is 27.5 Å². The summed E-state index contributed by atoms with van der Waals surface area (Å²) in [7, 11) is 0. The van der Waals surface area contributed by atoms with Crippen LogP contribution in [0.2, 0.25) is 0 Å². The Kier molecular flexibility index (Phi) is 2.82. The molecule has 0 saturated heterocycles. The quantitative estimate of drug-likeness (QED) is 0.772. The van der Waals surface area contributed by atoms with Crippen LogP contribution in [-0.2, 0) is 10.2 Å². The average molecular weight is 282 g/mol. The zero-order valence-corrected chi connectivity index (χ0v) is 11.5. The molecule has 1 amide bonds. The molecule has 0 N–H and O–H groups in total. The Hall–Kier alpha value is -0.830. The fraction of sp³-hybridized carbons (Fsp3) is 0.462. The first-order chi connectivity index (χ1) is 7.45. The minimum atomic E-state index is 0.0456. The first-order valence-electron chi connectivity index (χ1n) is 5.56. The van der Waals surface area contributed by atoms with E-state index in [-0.39, 0.29) is 11.3 Å². The number of carbonyl (C=O) groups excluding carboxylic acids is 1. The summed E-state index contributed by atoms with van der Waals surface area (Å²) in [5, 5.41) is 0. The molecule has 1 aromatic rings. The monoisotopic (exact) mass is 281 g/mol. The number of hydrogen-bond donors (Lipinski definition) is 0. The normalized spacial score (nSPS) is 17.4. The Morgan fingerprint density at radius 2 is 2.19 bits per heavy atom. The smallest absolute Gasteiger partial charge is 0.226 e. The van der Waals surface area contributed by atoms with Crippen molar-refractivity contribution in [2.24, 2.45) is 0 Å². The van der Waals surface area contributed by atoms with Crippen molar-refractivity contribution in [1.82, 2.24) is 0 Å². The molecule has 2 nitrogen and oxygen atoms in total. The summed E-state index contributed by atoms with van der Waals surface area (Å²) in [6.45, 7) is 7.06. The van der Waals surface area contributed by atoms with Crippen LogP contribution in [0.4, 0.5) is 5.69 Å². The summed E-state index contributed by atoms with van der Waals surface area (Å²) in [5.74, 6) is 0.203. The van der Waals surface area contributed by atoms with Crippen molar-refractivity contribution in [3.8, 4) is 0 Å². The highest BCUT2D eigenvalue weighted by atomic mass is 79.9. The molecule has 3 heteroatoms. The zero-order valence-electron chi connectivity index (χ0n) is 9.88. The number of hydrogen-bond acceptors (Lipinski definition) is 1. The molecule has 0 fully saturated rings. The van der Waals surface area contributed by atoms with E-state index in [1.807, 2.05) is 24.0 Å². The summed E-state index contributed by atoms with van der Waals surface area (Å²) in [6, 6.07) is 6.15. The van der Waals surface area contributed by atoms with Crippen molar-refractivity contribution in [2.75, 3.05) is 11.4 Å². The van der Waals surface area contributed by atoms with Gasteiger partial charge in [0.15, 0.2) is 0 Å². The van der Waals surface area contributed by atoms with Gasteiger partial charge in [0, 0.05) is 28.5 Å². The summed E-state index contributed by atoms with van der Waals surface area (Å²) >= 11 is 3.49. The van der Waals surface area contributed by atoms with Crippen LogP contribution in [0, 0.1) is 0 Å². The van der Waals surface area contributed by atoms with Gasteiger partial charge in [0.25, 0.3) is 0 Å². The van der Waals surface area contributed by atoms with Gasteiger partial charge < -0.3 is 4.90 Å². The van der Waals surface area contributed by atoms with Crippen LogP contribution in [0.1, 0.15) is 32.8 Å². The van der Waals surface area contributed by atoms with Crippen molar-refractivity contribution in [3.63, 3.8) is 0 Å². The first kappa shape index (κ1) is 11.6. The van der Waals surface area contributed by atoms with Gasteiger partial charge in [-0.25, -0.2) is 0 Å². The van der Waals surface area contributed by atoms with Crippen molar-refractivity contribution in [2.45, 2.75) is 32.6 Å². The highest BCUT2D eigenvalue weighted by molar-refractivity contribution is 9.10. The Balaban J connectivity index is 2.51. The van der Waals surface area contributed by atoms with Crippen LogP contribution in [0.15, 0.2) is 22.7 Å². The summed E-state index contributed by atoms with van der Waals surface area (Å²) in [6.07, 6.45) is 0.561. The number of fused-ring (bicyclic) bond motifs is 1. The molecule has 0 unspecified atom stereocenters. The second-order valence-corrected chi connectivity index (χ2v) is 5.79. The number of halogens is 1. The molecule has 1 heterocycles. The maximum absolute atomic E-state index is 11.9. The lowest BCUT2D eigenvalue weighted by Gasteiger charge is -2.20. The van der Waals surface area contributed by atoms with Crippen LogP contribution in [0.3, 0.4) is 0 Å². The van der Waals surface area contributed by atoms with Crippen LogP contribution >= 0.6 is 15.9 Å². The lowest BCUT2D eigenvalue weighted by atomic mass is 9.87. The molecule has 86 valence electrons. The largest absolute Gasteiger partial charge is 0.311 e. The second-order valence-electron chi connectivity index (χ2n) is 4.88. The van der Waals surface area contributed by atoms with Gasteiger partial charge in [0.1, 0.15) is 0 Å². The van der Waals surface area contributed by atoms with Crippen LogP contribution in [0.5, 0.6) is 0 Å². The van der Waals surface area contributed by atoms with Crippen LogP contribution in [0.25, 0.3) is 0 Å². The molecule has 0 spiro atoms. The third-order valence-electron chi connectivity index (χ3n) is 3.14. The Bertz CT molecular complexity index is 440. The van der Waals surface area contributed by atoms with Gasteiger partial charge >= 0.3 is 0 Å². The third kappa shape index (κ3) is 1.77. The molecule has 0 aliphatic carbocycles. The summed E-state index contributed by atoms with van der Waals surface area (Å²) in [5.41, 5.74) is 2.37. The number of rotatable bonds is 1. The molecule has 0 atom stereocenters. The average Bonchev–Trinajstić information content (AvgIpc) is 2.50. The molecule has 2 rings (SSSR count). The van der Waals surface area contributed by atoms with E-state index in [1.165, 1.54) is 5.56 Å². The van der Waals surface area contributed by atoms with Crippen molar-refractivity contribution < 1.29 is 4.79 Å². The minimum Gasteiger partial charge on any atom is -0.311 e. The molecule has 16 heavy (non-hydrogen) atoms. The molecule has 1 aromatic carbocycles. The maximum Gasteiger partial charge on any atom is 0.226 e. The van der Waals surface area contributed by atoms with Gasteiger partial charge in [-0.2, -0.15) is 0 Å². The number of carbonyl (C=O) groups is 1. The molecule has 0 radical (unpaired) electrons. The molecule has 1 aliphatic heterocycles. The maximum atomic E-state index is 11.9. The number of nitrogens with zero attached hydrogens (tertiary/aromatic N) is 1. The predicted molar refractivity (Wildman–Crippen MR) is 69.8 cm³/mol. The minimum absolute atomic E-state index is 0.0456. The summed E-state index contributed by atoms with van der Waals surface area (Å²) in [4.78, 5) is 13.8. The van der Waals surface area contributed by atoms with Gasteiger partial charge in [-0.3, -0.25) is 4.79 Å². The van der Waals surface area contributed by atoms with Crippen molar-refractivity contribution in [3.05, 3.63) is 28.2 Å². The number of amides is 1. The van der Waals surface area contributed by atoms with Gasteiger partial charge in [0.2, 0.25) is 5.91 Å². The van der Waals surface area contributed by atoms with Crippen LogP contribution < -0.4 is 4.90 Å². The van der Waals surface area contributed by atoms with E-state index in [2.05, 4.69) is 35.8 Å². The van der Waals surface area contributed by atoms with Gasteiger partial charge in [-0.15, -0.1) is 0 Å². The number of benzene rings is 1. The molecule has 0 saturated carbocycles. The molecule has 1 aliphatic rings. The summed E-state index contributed by atoms with van der Waals surface area (Å²) < 4.78 is 1.07. The second kappa shape index (κ2) is 3.88. The first-order valence-corrected chi connectivity index (χ1v) is 6.35. The van der Waals surface area contributed by atoms with Gasteiger partial charge in [0.05, 0.1) is 0 Å². The van der Waals surface area contributed by atoms with E-state index < -0.39 is 0 Å². The highest BCUT2D eigenvalue weighted by Gasteiger charge is 2.37. The molecular formula is C13H16BrNO. The van der Waals surface area contributed by atoms with E-state index >= 15 is 0 Å². The zero-order chi connectivity index (χ0) is 11.9. The molecular weight excluding hydrogens is 266 g/mol. The fourth-order valence-corrected chi connectivity index (χ4v) is 2.63. The van der Waals surface area contributed by atoms with E-state index in [0.717, 1.165) is 16.7 Å². The Morgan fingerprint density at radius 1 is 1.50 bits per heavy atom. The highest BCUT2D eigenvalue weighted by Crippen LogP contribution is 2.41. The molecule has 0 bridgehead atoms. The Labute approximate surface area is 105 Å². The van der Waals surface area contributed by atoms with E-state index in [9.17, 15) is 4.79 Å². The lowest BCUT2D eigenvalue weighted by Crippen LogP contribution is -2.33.